The molecule has 1 saturated carbocycles. The van der Waals surface area contributed by atoms with Gasteiger partial charge in [0.25, 0.3) is 5.91 Å². The second kappa shape index (κ2) is 8.98. The summed E-state index contributed by atoms with van der Waals surface area (Å²) >= 11 is 0. The molecule has 1 aromatic rings. The lowest BCUT2D eigenvalue weighted by Gasteiger charge is -2.30. The third-order valence-corrected chi connectivity index (χ3v) is 5.72. The molecule has 1 amide bonds. The molecule has 0 bridgehead atoms. The number of nitrogens with zero attached hydrogens (tertiary/aromatic N) is 4. The first kappa shape index (κ1) is 22.0. The van der Waals surface area contributed by atoms with Crippen molar-refractivity contribution in [2.45, 2.75) is 72.4 Å². The lowest BCUT2D eigenvalue weighted by atomic mass is 9.98. The van der Waals surface area contributed by atoms with E-state index < -0.39 is 0 Å². The van der Waals surface area contributed by atoms with Gasteiger partial charge in [-0.3, -0.25) is 4.79 Å². The van der Waals surface area contributed by atoms with Crippen LogP contribution in [0.2, 0.25) is 0 Å². The molecule has 0 atom stereocenters. The number of ether oxygens (including phenoxy) is 1. The third kappa shape index (κ3) is 4.71. The zero-order valence-electron chi connectivity index (χ0n) is 18.8. The zero-order valence-corrected chi connectivity index (χ0v) is 18.8. The lowest BCUT2D eigenvalue weighted by Crippen LogP contribution is -2.38. The molecular weight excluding hydrogens is 378 g/mol. The van der Waals surface area contributed by atoms with Crippen molar-refractivity contribution in [3.63, 3.8) is 0 Å². The molecule has 2 heterocycles. The van der Waals surface area contributed by atoms with E-state index in [0.717, 1.165) is 41.7 Å². The van der Waals surface area contributed by atoms with Crippen molar-refractivity contribution in [2.75, 3.05) is 13.2 Å². The van der Waals surface area contributed by atoms with Crippen LogP contribution < -0.4 is 10.1 Å². The number of carbonyl (C=O) groups excluding carboxylic acids is 1. The van der Waals surface area contributed by atoms with Gasteiger partial charge < -0.3 is 15.0 Å². The molecule has 1 aromatic heterocycles. The van der Waals surface area contributed by atoms with Crippen LogP contribution in [-0.4, -0.2) is 46.2 Å². The van der Waals surface area contributed by atoms with Gasteiger partial charge in [-0.2, -0.15) is 0 Å². The average Bonchev–Trinajstić information content (AvgIpc) is 3.46. The van der Waals surface area contributed by atoms with Crippen molar-refractivity contribution >= 4 is 12.6 Å². The zero-order chi connectivity index (χ0) is 21.9. The van der Waals surface area contributed by atoms with E-state index in [2.05, 4.69) is 40.8 Å². The van der Waals surface area contributed by atoms with Crippen LogP contribution in [0.15, 0.2) is 33.9 Å². The number of allylic oxidation sites excluding steroid dienone is 1. The quantitative estimate of drug-likeness (QED) is 0.402. The Hall–Kier alpha value is -2.70. The van der Waals surface area contributed by atoms with E-state index in [9.17, 15) is 4.79 Å². The predicted molar refractivity (Wildman–Crippen MR) is 118 cm³/mol. The molecule has 7 heteroatoms. The van der Waals surface area contributed by atoms with E-state index in [1.54, 1.807) is 0 Å². The fourth-order valence-corrected chi connectivity index (χ4v) is 3.70. The highest BCUT2D eigenvalue weighted by atomic mass is 16.5. The Morgan fingerprint density at radius 3 is 2.67 bits per heavy atom. The van der Waals surface area contributed by atoms with Crippen molar-refractivity contribution in [1.29, 1.82) is 0 Å². The van der Waals surface area contributed by atoms with Crippen LogP contribution >= 0.6 is 0 Å². The summed E-state index contributed by atoms with van der Waals surface area (Å²) in [6, 6.07) is 0. The van der Waals surface area contributed by atoms with Crippen molar-refractivity contribution < 1.29 is 9.53 Å². The minimum atomic E-state index is -0.00307. The predicted octanol–water partition coefficient (Wildman–Crippen LogP) is 3.56. The maximum absolute atomic E-state index is 13.5. The molecule has 1 aliphatic heterocycles. The second-order valence-electron chi connectivity index (χ2n) is 8.62. The molecule has 162 valence electrons. The monoisotopic (exact) mass is 411 g/mol. The fraction of sp³-hybridized carbons (Fsp3) is 0.565. The molecule has 0 radical (unpaired) electrons. The van der Waals surface area contributed by atoms with Gasteiger partial charge >= 0.3 is 0 Å². The van der Waals surface area contributed by atoms with Gasteiger partial charge in [0, 0.05) is 28.8 Å². The van der Waals surface area contributed by atoms with Crippen molar-refractivity contribution in [3.8, 4) is 5.88 Å². The van der Waals surface area contributed by atoms with Crippen LogP contribution in [0.3, 0.4) is 0 Å². The normalized spacial score (nSPS) is 17.4. The van der Waals surface area contributed by atoms with Crippen molar-refractivity contribution in [2.24, 2.45) is 4.99 Å². The third-order valence-electron chi connectivity index (χ3n) is 5.72. The van der Waals surface area contributed by atoms with Gasteiger partial charge in [-0.25, -0.2) is 15.0 Å². The molecule has 0 unspecified atom stereocenters. The number of hydrogen-bond donors (Lipinski definition) is 1. The average molecular weight is 412 g/mol. The van der Waals surface area contributed by atoms with Crippen LogP contribution in [0, 0.1) is 0 Å². The van der Waals surface area contributed by atoms with Gasteiger partial charge in [-0.1, -0.05) is 12.5 Å². The number of rotatable bonds is 8. The largest absolute Gasteiger partial charge is 0.477 e. The summed E-state index contributed by atoms with van der Waals surface area (Å²) in [5.74, 6) is 1.33. The van der Waals surface area contributed by atoms with E-state index in [0.29, 0.717) is 43.4 Å². The molecule has 0 spiro atoms. The summed E-state index contributed by atoms with van der Waals surface area (Å²) in [7, 11) is 0. The van der Waals surface area contributed by atoms with Crippen LogP contribution in [0.4, 0.5) is 0 Å². The number of hydrogen-bond acceptors (Lipinski definition) is 6. The summed E-state index contributed by atoms with van der Waals surface area (Å²) in [5.41, 5.74) is 4.41. The minimum Gasteiger partial charge on any atom is -0.477 e. The maximum atomic E-state index is 13.5. The molecule has 1 N–H and O–H groups in total. The molecule has 30 heavy (non-hydrogen) atoms. The van der Waals surface area contributed by atoms with Gasteiger partial charge in [-0.05, 0) is 60.1 Å². The van der Waals surface area contributed by atoms with Crippen molar-refractivity contribution in [1.82, 2.24) is 20.2 Å². The van der Waals surface area contributed by atoms with Crippen LogP contribution in [0.1, 0.15) is 65.1 Å². The summed E-state index contributed by atoms with van der Waals surface area (Å²) < 4.78 is 5.77. The Labute approximate surface area is 179 Å². The number of aromatic nitrogens is 2. The minimum absolute atomic E-state index is 0.00307. The van der Waals surface area contributed by atoms with Gasteiger partial charge in [0.1, 0.15) is 12.1 Å². The SMILES string of the molecule is C=N/C(NC1(C)CC1)=C(\C)C(C(=O)N1CCc2c(ncnc2OCCC)C1)=C(C)C. The van der Waals surface area contributed by atoms with E-state index in [1.807, 2.05) is 25.7 Å². The summed E-state index contributed by atoms with van der Waals surface area (Å²) in [5, 5.41) is 3.46. The Kier molecular flexibility index (Phi) is 6.58. The Morgan fingerprint density at radius 2 is 2.07 bits per heavy atom. The standard InChI is InChI=1S/C23H33N5O2/c1-7-12-30-21-17-8-11-28(13-18(17)25-14-26-21)22(29)19(15(2)3)16(4)20(24-6)27-23(5)9-10-23/h14,27H,6-13H2,1-5H3/b20-16-. The van der Waals surface area contributed by atoms with Crippen LogP contribution in [-0.2, 0) is 17.8 Å². The summed E-state index contributed by atoms with van der Waals surface area (Å²) in [6.45, 7) is 15.5. The van der Waals surface area contributed by atoms with Gasteiger partial charge in [0.05, 0.1) is 18.8 Å². The van der Waals surface area contributed by atoms with Gasteiger partial charge in [-0.15, -0.1) is 0 Å². The first-order valence-corrected chi connectivity index (χ1v) is 10.7. The molecule has 0 saturated heterocycles. The number of aliphatic imine (C=N–C) groups is 1. The Morgan fingerprint density at radius 1 is 1.33 bits per heavy atom. The molecule has 2 aliphatic rings. The Balaban J connectivity index is 1.84. The van der Waals surface area contributed by atoms with Gasteiger partial charge in [0.15, 0.2) is 0 Å². The molecule has 1 fully saturated rings. The topological polar surface area (TPSA) is 79.7 Å². The molecule has 0 aromatic carbocycles. The van der Waals surface area contributed by atoms with Crippen LogP contribution in [0.25, 0.3) is 0 Å². The molecule has 1 aliphatic carbocycles. The summed E-state index contributed by atoms with van der Waals surface area (Å²) in [4.78, 5) is 28.3. The molecular formula is C23H33N5O2. The molecule has 3 rings (SSSR count). The first-order chi connectivity index (χ1) is 14.3. The highest BCUT2D eigenvalue weighted by Gasteiger charge is 2.38. The number of nitrogens with one attached hydrogen (secondary N) is 1. The highest BCUT2D eigenvalue weighted by molar-refractivity contribution is 5.98. The maximum Gasteiger partial charge on any atom is 0.254 e. The van der Waals surface area contributed by atoms with Gasteiger partial charge in [0.2, 0.25) is 5.88 Å². The number of fused-ring (bicyclic) bond motifs is 1. The Bertz CT molecular complexity index is 895. The van der Waals surface area contributed by atoms with E-state index in [-0.39, 0.29) is 11.4 Å². The van der Waals surface area contributed by atoms with E-state index in [4.69, 9.17) is 4.74 Å². The smallest absolute Gasteiger partial charge is 0.254 e. The van der Waals surface area contributed by atoms with Crippen LogP contribution in [0.5, 0.6) is 5.88 Å². The van der Waals surface area contributed by atoms with E-state index >= 15 is 0 Å². The van der Waals surface area contributed by atoms with E-state index in [1.165, 1.54) is 6.33 Å². The second-order valence-corrected chi connectivity index (χ2v) is 8.62. The number of carbonyl (C=O) groups is 1. The highest BCUT2D eigenvalue weighted by Crippen LogP contribution is 2.36. The lowest BCUT2D eigenvalue weighted by molar-refractivity contribution is -0.127. The summed E-state index contributed by atoms with van der Waals surface area (Å²) in [6.07, 6.45) is 5.32. The number of amides is 1. The molecule has 7 nitrogen and oxygen atoms in total. The fourth-order valence-electron chi connectivity index (χ4n) is 3.70. The first-order valence-electron chi connectivity index (χ1n) is 10.7. The van der Waals surface area contributed by atoms with Crippen molar-refractivity contribution in [3.05, 3.63) is 40.1 Å².